The van der Waals surface area contributed by atoms with E-state index in [9.17, 15) is 22.8 Å². The van der Waals surface area contributed by atoms with E-state index in [-0.39, 0.29) is 11.1 Å². The maximum atomic E-state index is 13.4. The number of carbonyl (C=O) groups excluding carboxylic acids is 1. The van der Waals surface area contributed by atoms with Gasteiger partial charge in [0.2, 0.25) is 0 Å². The lowest BCUT2D eigenvalue weighted by Gasteiger charge is -2.13. The van der Waals surface area contributed by atoms with Crippen molar-refractivity contribution in [2.45, 2.75) is 13.1 Å². The van der Waals surface area contributed by atoms with Crippen LogP contribution < -0.4 is 5.56 Å². The van der Waals surface area contributed by atoms with Crippen LogP contribution in [0.4, 0.5) is 13.2 Å². The van der Waals surface area contributed by atoms with E-state index in [1.54, 1.807) is 0 Å². The van der Waals surface area contributed by atoms with Crippen LogP contribution in [-0.4, -0.2) is 20.5 Å². The van der Waals surface area contributed by atoms with Crippen molar-refractivity contribution in [3.05, 3.63) is 58.3 Å². The molecule has 0 atom stereocenters. The summed E-state index contributed by atoms with van der Waals surface area (Å²) >= 11 is 0. The highest BCUT2D eigenvalue weighted by Crippen LogP contribution is 2.35. The third kappa shape index (κ3) is 2.41. The zero-order valence-corrected chi connectivity index (χ0v) is 11.8. The van der Waals surface area contributed by atoms with Crippen molar-refractivity contribution in [1.82, 2.24) is 14.8 Å². The van der Waals surface area contributed by atoms with Gasteiger partial charge in [0.05, 0.1) is 17.4 Å². The van der Waals surface area contributed by atoms with Gasteiger partial charge in [0, 0.05) is 17.0 Å². The van der Waals surface area contributed by atoms with Gasteiger partial charge in [0.15, 0.2) is 11.5 Å². The van der Waals surface area contributed by atoms with Crippen LogP contribution >= 0.6 is 0 Å². The average molecular weight is 321 g/mol. The van der Waals surface area contributed by atoms with Gasteiger partial charge >= 0.3 is 6.18 Å². The second-order valence-electron chi connectivity index (χ2n) is 4.92. The molecule has 23 heavy (non-hydrogen) atoms. The molecule has 0 aliphatic rings. The number of aromatic nitrogens is 3. The van der Waals surface area contributed by atoms with Crippen molar-refractivity contribution >= 4 is 16.6 Å². The number of nitrogens with one attached hydrogen (secondary N) is 1. The van der Waals surface area contributed by atoms with Crippen LogP contribution in [0.3, 0.4) is 0 Å². The molecule has 0 unspecified atom stereocenters. The van der Waals surface area contributed by atoms with Gasteiger partial charge in [-0.3, -0.25) is 9.59 Å². The van der Waals surface area contributed by atoms with Crippen LogP contribution in [0.2, 0.25) is 0 Å². The molecule has 0 amide bonds. The van der Waals surface area contributed by atoms with Crippen molar-refractivity contribution in [1.29, 1.82) is 0 Å². The summed E-state index contributed by atoms with van der Waals surface area (Å²) in [6.45, 7) is 1.05. The van der Waals surface area contributed by atoms with Gasteiger partial charge in [0.25, 0.3) is 5.56 Å². The molecular weight excluding hydrogens is 311 g/mol. The number of pyridine rings is 1. The first-order valence-electron chi connectivity index (χ1n) is 6.57. The number of aromatic amines is 1. The zero-order chi connectivity index (χ0) is 16.8. The third-order valence-electron chi connectivity index (χ3n) is 3.44. The van der Waals surface area contributed by atoms with Gasteiger partial charge in [-0.05, 0) is 25.1 Å². The summed E-state index contributed by atoms with van der Waals surface area (Å²) in [5.41, 5.74) is -2.01. The fourth-order valence-electron chi connectivity index (χ4n) is 2.45. The Labute approximate surface area is 127 Å². The molecule has 5 nitrogen and oxygen atoms in total. The molecule has 0 fully saturated rings. The van der Waals surface area contributed by atoms with Gasteiger partial charge in [-0.2, -0.15) is 18.3 Å². The highest BCUT2D eigenvalue weighted by molar-refractivity contribution is 5.96. The molecule has 2 aromatic heterocycles. The highest BCUT2D eigenvalue weighted by atomic mass is 19.4. The van der Waals surface area contributed by atoms with Crippen molar-refractivity contribution in [2.24, 2.45) is 0 Å². The smallest absolute Gasteiger partial charge is 0.329 e. The monoisotopic (exact) mass is 321 g/mol. The minimum atomic E-state index is -4.76. The Hall–Kier alpha value is -2.90. The first-order chi connectivity index (χ1) is 10.8. The molecule has 1 aromatic carbocycles. The molecule has 0 aliphatic carbocycles. The Morgan fingerprint density at radius 3 is 2.61 bits per heavy atom. The minimum absolute atomic E-state index is 0.0772. The predicted octanol–water partition coefficient (Wildman–Crippen LogP) is 2.94. The highest BCUT2D eigenvalue weighted by Gasteiger charge is 2.40. The van der Waals surface area contributed by atoms with E-state index in [2.05, 4.69) is 10.1 Å². The molecular formula is C15H10F3N3O2. The number of rotatable bonds is 2. The molecule has 0 saturated heterocycles. The lowest BCUT2D eigenvalue weighted by Crippen LogP contribution is -2.17. The lowest BCUT2D eigenvalue weighted by atomic mass is 10.1. The van der Waals surface area contributed by atoms with Gasteiger partial charge < -0.3 is 4.98 Å². The van der Waals surface area contributed by atoms with E-state index >= 15 is 0 Å². The number of Topliss-reactive ketones (excluding diaryl/α,β-unsaturated/α-hetero) is 1. The fourth-order valence-corrected chi connectivity index (χ4v) is 2.45. The molecule has 8 heteroatoms. The quantitative estimate of drug-likeness (QED) is 0.738. The summed E-state index contributed by atoms with van der Waals surface area (Å²) < 4.78 is 40.8. The number of nitrogens with zero attached hydrogens (tertiary/aromatic N) is 2. The first kappa shape index (κ1) is 15.0. The van der Waals surface area contributed by atoms with Crippen molar-refractivity contribution in [3.63, 3.8) is 0 Å². The first-order valence-corrected chi connectivity index (χ1v) is 6.57. The lowest BCUT2D eigenvalue weighted by molar-refractivity contribution is -0.143. The van der Waals surface area contributed by atoms with E-state index in [0.29, 0.717) is 10.1 Å². The predicted molar refractivity (Wildman–Crippen MR) is 76.7 cm³/mol. The van der Waals surface area contributed by atoms with E-state index in [1.807, 2.05) is 0 Å². The molecule has 0 bridgehead atoms. The van der Waals surface area contributed by atoms with Crippen LogP contribution in [-0.2, 0) is 6.18 Å². The summed E-state index contributed by atoms with van der Waals surface area (Å²) in [6.07, 6.45) is -2.53. The molecule has 3 rings (SSSR count). The number of alkyl halides is 3. The number of H-pyrrole nitrogens is 1. The second-order valence-corrected chi connectivity index (χ2v) is 4.92. The van der Waals surface area contributed by atoms with Gasteiger partial charge in [-0.1, -0.05) is 6.07 Å². The Kier molecular flexibility index (Phi) is 3.32. The number of halogens is 3. The molecule has 0 spiro atoms. The summed E-state index contributed by atoms with van der Waals surface area (Å²) in [5, 5.41) is 4.26. The van der Waals surface area contributed by atoms with E-state index in [0.717, 1.165) is 13.1 Å². The maximum Gasteiger partial charge on any atom is 0.434 e. The maximum absolute atomic E-state index is 13.4. The molecule has 2 heterocycles. The molecule has 1 N–H and O–H groups in total. The van der Waals surface area contributed by atoms with Crippen LogP contribution in [0.1, 0.15) is 23.0 Å². The number of ketones is 1. The fraction of sp³-hybridized carbons (Fsp3) is 0.133. The van der Waals surface area contributed by atoms with E-state index in [4.69, 9.17) is 0 Å². The third-order valence-corrected chi connectivity index (χ3v) is 3.44. The van der Waals surface area contributed by atoms with E-state index < -0.39 is 28.8 Å². The molecule has 3 aromatic rings. The Morgan fingerprint density at radius 2 is 1.96 bits per heavy atom. The Morgan fingerprint density at radius 1 is 1.22 bits per heavy atom. The number of benzene rings is 1. The SMILES string of the molecule is CC(=O)c1cnn(-c2cccc3c(=O)[nH]ccc23)c1C(F)(F)F. The van der Waals surface area contributed by atoms with Crippen LogP contribution in [0.25, 0.3) is 16.5 Å². The summed E-state index contributed by atoms with van der Waals surface area (Å²) in [6, 6.07) is 5.86. The van der Waals surface area contributed by atoms with E-state index in [1.165, 1.54) is 30.5 Å². The van der Waals surface area contributed by atoms with Crippen LogP contribution in [0, 0.1) is 0 Å². The van der Waals surface area contributed by atoms with Gasteiger partial charge in [0.1, 0.15) is 0 Å². The molecule has 0 saturated carbocycles. The topological polar surface area (TPSA) is 67.8 Å². The molecule has 118 valence electrons. The average Bonchev–Trinajstić information content (AvgIpc) is 2.92. The summed E-state index contributed by atoms with van der Waals surface area (Å²) in [5.74, 6) is -0.735. The van der Waals surface area contributed by atoms with Crippen molar-refractivity contribution in [2.75, 3.05) is 0 Å². The number of carbonyl (C=O) groups is 1. The standard InChI is InChI=1S/C15H10F3N3O2/c1-8(22)11-7-20-21(13(11)15(16,17)18)12-4-2-3-10-9(12)5-6-19-14(10)23/h2-7H,1H3,(H,19,23). The number of hydrogen-bond acceptors (Lipinski definition) is 3. The second kappa shape index (κ2) is 5.08. The van der Waals surface area contributed by atoms with Crippen molar-refractivity contribution in [3.8, 4) is 5.69 Å². The van der Waals surface area contributed by atoms with Crippen LogP contribution in [0.15, 0.2) is 41.5 Å². The summed E-state index contributed by atoms with van der Waals surface area (Å²) in [7, 11) is 0. The molecule has 0 radical (unpaired) electrons. The number of fused-ring (bicyclic) bond motifs is 1. The normalized spacial score (nSPS) is 11.8. The van der Waals surface area contributed by atoms with Crippen molar-refractivity contribution < 1.29 is 18.0 Å². The number of hydrogen-bond donors (Lipinski definition) is 1. The Balaban J connectivity index is 2.39. The van der Waals surface area contributed by atoms with Crippen LogP contribution in [0.5, 0.6) is 0 Å². The zero-order valence-electron chi connectivity index (χ0n) is 11.8. The minimum Gasteiger partial charge on any atom is -0.329 e. The van der Waals surface area contributed by atoms with Gasteiger partial charge in [-0.15, -0.1) is 0 Å². The van der Waals surface area contributed by atoms with Gasteiger partial charge in [-0.25, -0.2) is 4.68 Å². The Bertz CT molecular complexity index is 970. The largest absolute Gasteiger partial charge is 0.434 e. The summed E-state index contributed by atoms with van der Waals surface area (Å²) in [4.78, 5) is 25.7. The molecule has 0 aliphatic heterocycles.